The highest BCUT2D eigenvalue weighted by Crippen LogP contribution is 2.23. The van der Waals surface area contributed by atoms with E-state index in [1.165, 1.54) is 0 Å². The van der Waals surface area contributed by atoms with Crippen molar-refractivity contribution in [1.29, 1.82) is 0 Å². The van der Waals surface area contributed by atoms with Crippen molar-refractivity contribution in [3.63, 3.8) is 0 Å². The number of carbonyl (C=O) groups excluding carboxylic acids is 2. The van der Waals surface area contributed by atoms with E-state index in [2.05, 4.69) is 10.6 Å². The van der Waals surface area contributed by atoms with Gasteiger partial charge >= 0.3 is 5.97 Å². The highest BCUT2D eigenvalue weighted by molar-refractivity contribution is 6.01. The number of nitrogens with one attached hydrogen (secondary N) is 2. The highest BCUT2D eigenvalue weighted by atomic mass is 16.4. The minimum absolute atomic E-state index is 0.0761. The lowest BCUT2D eigenvalue weighted by atomic mass is 10.1. The Morgan fingerprint density at radius 3 is 2.90 bits per heavy atom. The van der Waals surface area contributed by atoms with Gasteiger partial charge in [0.2, 0.25) is 5.91 Å². The molecule has 2 rings (SSSR count). The normalized spacial score (nSPS) is 14.3. The van der Waals surface area contributed by atoms with E-state index in [1.54, 1.807) is 25.1 Å². The third kappa shape index (κ3) is 3.14. The summed E-state index contributed by atoms with van der Waals surface area (Å²) in [4.78, 5) is 33.8. The Morgan fingerprint density at radius 1 is 1.45 bits per heavy atom. The number of benzene rings is 1. The molecule has 1 aromatic carbocycles. The summed E-state index contributed by atoms with van der Waals surface area (Å²) in [5.74, 6) is -1.70. The van der Waals surface area contributed by atoms with Gasteiger partial charge < -0.3 is 15.7 Å². The van der Waals surface area contributed by atoms with Gasteiger partial charge in [-0.15, -0.1) is 0 Å². The molecular weight excluding hydrogens is 260 g/mol. The van der Waals surface area contributed by atoms with Gasteiger partial charge in [0.25, 0.3) is 5.91 Å². The Hall–Kier alpha value is -2.37. The standard InChI is InChI=1S/C14H16N2O4/c1-8(14(19)20)4-5-15-13(18)9-2-3-11-10(6-9)7-12(17)16-11/h2-3,6,8H,4-5,7H2,1H3,(H,15,18)(H,16,17)(H,19,20). The number of carboxylic acid groups (broad SMARTS) is 1. The summed E-state index contributed by atoms with van der Waals surface area (Å²) in [6.45, 7) is 1.90. The average Bonchev–Trinajstić information content (AvgIpc) is 2.77. The number of carbonyl (C=O) groups is 3. The van der Waals surface area contributed by atoms with Crippen LogP contribution in [-0.4, -0.2) is 29.4 Å². The molecule has 1 aromatic rings. The number of amides is 2. The van der Waals surface area contributed by atoms with Crippen LogP contribution in [0.3, 0.4) is 0 Å². The molecule has 1 aliphatic rings. The summed E-state index contributed by atoms with van der Waals surface area (Å²) < 4.78 is 0. The van der Waals surface area contributed by atoms with Crippen molar-refractivity contribution in [2.24, 2.45) is 5.92 Å². The van der Waals surface area contributed by atoms with Crippen molar-refractivity contribution in [3.8, 4) is 0 Å². The van der Waals surface area contributed by atoms with E-state index in [-0.39, 0.29) is 18.2 Å². The molecule has 1 aliphatic heterocycles. The fourth-order valence-electron chi connectivity index (χ4n) is 2.00. The van der Waals surface area contributed by atoms with Gasteiger partial charge in [-0.3, -0.25) is 14.4 Å². The quantitative estimate of drug-likeness (QED) is 0.748. The molecule has 0 fully saturated rings. The molecular formula is C14H16N2O4. The first-order valence-electron chi connectivity index (χ1n) is 6.41. The predicted molar refractivity (Wildman–Crippen MR) is 72.5 cm³/mol. The van der Waals surface area contributed by atoms with Crippen molar-refractivity contribution in [2.75, 3.05) is 11.9 Å². The van der Waals surface area contributed by atoms with E-state index in [4.69, 9.17) is 5.11 Å². The molecule has 0 saturated carbocycles. The Balaban J connectivity index is 1.92. The molecule has 1 atom stereocenters. The number of hydrogen-bond donors (Lipinski definition) is 3. The zero-order chi connectivity index (χ0) is 14.7. The highest BCUT2D eigenvalue weighted by Gasteiger charge is 2.19. The molecule has 6 heteroatoms. The smallest absolute Gasteiger partial charge is 0.306 e. The Kier molecular flexibility index (Phi) is 4.02. The van der Waals surface area contributed by atoms with E-state index in [0.717, 1.165) is 11.3 Å². The van der Waals surface area contributed by atoms with Crippen molar-refractivity contribution in [1.82, 2.24) is 5.32 Å². The van der Waals surface area contributed by atoms with E-state index in [9.17, 15) is 14.4 Å². The number of fused-ring (bicyclic) bond motifs is 1. The number of hydrogen-bond acceptors (Lipinski definition) is 3. The van der Waals surface area contributed by atoms with Crippen LogP contribution in [0.15, 0.2) is 18.2 Å². The first-order chi connectivity index (χ1) is 9.47. The van der Waals surface area contributed by atoms with E-state index in [0.29, 0.717) is 18.5 Å². The van der Waals surface area contributed by atoms with Crippen LogP contribution in [0, 0.1) is 5.92 Å². The van der Waals surface area contributed by atoms with Gasteiger partial charge in [-0.2, -0.15) is 0 Å². The van der Waals surface area contributed by atoms with Crippen LogP contribution in [0.1, 0.15) is 29.3 Å². The van der Waals surface area contributed by atoms with Crippen LogP contribution in [0.2, 0.25) is 0 Å². The van der Waals surface area contributed by atoms with Gasteiger partial charge in [-0.1, -0.05) is 6.92 Å². The second-order valence-corrected chi connectivity index (χ2v) is 4.88. The first-order valence-corrected chi connectivity index (χ1v) is 6.41. The van der Waals surface area contributed by atoms with E-state index in [1.807, 2.05) is 0 Å². The first kappa shape index (κ1) is 14.0. The van der Waals surface area contributed by atoms with E-state index >= 15 is 0 Å². The molecule has 3 N–H and O–H groups in total. The van der Waals surface area contributed by atoms with Crippen LogP contribution in [0.25, 0.3) is 0 Å². The Bertz CT molecular complexity index is 568. The number of anilines is 1. The molecule has 20 heavy (non-hydrogen) atoms. The fraction of sp³-hybridized carbons (Fsp3) is 0.357. The molecule has 2 amide bonds. The van der Waals surface area contributed by atoms with Gasteiger partial charge in [0.05, 0.1) is 12.3 Å². The van der Waals surface area contributed by atoms with Crippen molar-refractivity contribution >= 4 is 23.5 Å². The Morgan fingerprint density at radius 2 is 2.20 bits per heavy atom. The Labute approximate surface area is 116 Å². The molecule has 0 aromatic heterocycles. The zero-order valence-corrected chi connectivity index (χ0v) is 11.1. The summed E-state index contributed by atoms with van der Waals surface area (Å²) in [6.07, 6.45) is 0.665. The second-order valence-electron chi connectivity index (χ2n) is 4.88. The summed E-state index contributed by atoms with van der Waals surface area (Å²) in [5.41, 5.74) is 2.02. The largest absolute Gasteiger partial charge is 0.481 e. The van der Waals surface area contributed by atoms with Crippen molar-refractivity contribution in [2.45, 2.75) is 19.8 Å². The van der Waals surface area contributed by atoms with Crippen LogP contribution >= 0.6 is 0 Å². The summed E-state index contributed by atoms with van der Waals surface area (Å²) >= 11 is 0. The number of rotatable bonds is 5. The fourth-order valence-corrected chi connectivity index (χ4v) is 2.00. The molecule has 0 spiro atoms. The maximum atomic E-state index is 11.9. The van der Waals surface area contributed by atoms with Crippen molar-refractivity contribution < 1.29 is 19.5 Å². The van der Waals surface area contributed by atoms with Crippen LogP contribution in [0.4, 0.5) is 5.69 Å². The lowest BCUT2D eigenvalue weighted by Gasteiger charge is -2.08. The molecule has 106 valence electrons. The molecule has 1 unspecified atom stereocenters. The maximum absolute atomic E-state index is 11.9. The average molecular weight is 276 g/mol. The third-order valence-electron chi connectivity index (χ3n) is 3.28. The zero-order valence-electron chi connectivity index (χ0n) is 11.1. The SMILES string of the molecule is CC(CCNC(=O)c1ccc2c(c1)CC(=O)N2)C(=O)O. The maximum Gasteiger partial charge on any atom is 0.306 e. The molecule has 0 bridgehead atoms. The van der Waals surface area contributed by atoms with Crippen LogP contribution < -0.4 is 10.6 Å². The summed E-state index contributed by atoms with van der Waals surface area (Å²) in [7, 11) is 0. The topological polar surface area (TPSA) is 95.5 Å². The number of carboxylic acids is 1. The second kappa shape index (κ2) is 5.73. The lowest BCUT2D eigenvalue weighted by molar-refractivity contribution is -0.141. The lowest BCUT2D eigenvalue weighted by Crippen LogP contribution is -2.27. The monoisotopic (exact) mass is 276 g/mol. The molecule has 0 saturated heterocycles. The van der Waals surface area contributed by atoms with Crippen LogP contribution in [-0.2, 0) is 16.0 Å². The minimum Gasteiger partial charge on any atom is -0.481 e. The molecule has 1 heterocycles. The number of aliphatic carboxylic acids is 1. The van der Waals surface area contributed by atoms with Crippen molar-refractivity contribution in [3.05, 3.63) is 29.3 Å². The third-order valence-corrected chi connectivity index (χ3v) is 3.28. The van der Waals surface area contributed by atoms with Gasteiger partial charge in [0, 0.05) is 17.8 Å². The molecule has 6 nitrogen and oxygen atoms in total. The van der Waals surface area contributed by atoms with Gasteiger partial charge in [0.1, 0.15) is 0 Å². The van der Waals surface area contributed by atoms with E-state index < -0.39 is 11.9 Å². The molecule has 0 radical (unpaired) electrons. The van der Waals surface area contributed by atoms with Gasteiger partial charge in [-0.25, -0.2) is 0 Å². The van der Waals surface area contributed by atoms with Gasteiger partial charge in [0.15, 0.2) is 0 Å². The summed E-state index contributed by atoms with van der Waals surface area (Å²) in [5, 5.41) is 14.1. The molecule has 0 aliphatic carbocycles. The minimum atomic E-state index is -0.874. The predicted octanol–water partition coefficient (Wildman–Crippen LogP) is 1.02. The van der Waals surface area contributed by atoms with Crippen LogP contribution in [0.5, 0.6) is 0 Å². The van der Waals surface area contributed by atoms with Gasteiger partial charge in [-0.05, 0) is 30.2 Å². The summed E-state index contributed by atoms with van der Waals surface area (Å²) in [6, 6.07) is 5.03.